The largest absolute Gasteiger partial charge is 0.393 e. The Morgan fingerprint density at radius 1 is 1.03 bits per heavy atom. The van der Waals surface area contributed by atoms with Gasteiger partial charge in [-0.1, -0.05) is 44.8 Å². The van der Waals surface area contributed by atoms with E-state index < -0.39 is 12.2 Å². The summed E-state index contributed by atoms with van der Waals surface area (Å²) in [6.45, 7) is 3.79. The average molecular weight is 473 g/mol. The molecule has 5 atom stereocenters. The number of allylic oxidation sites excluding steroid dienone is 2. The van der Waals surface area contributed by atoms with Crippen LogP contribution in [0.5, 0.6) is 0 Å². The van der Waals surface area contributed by atoms with Crippen LogP contribution < -0.4 is 5.32 Å². The molecule has 9 nitrogen and oxygen atoms in total. The molecule has 0 bridgehead atoms. The molecular weight excluding hydrogens is 428 g/mol. The standard InChI is InChI=1S/C24H44N2O7/c1-3-4-5-6-9-12-19(27)15-21-20(22(28)16-23(21)29)13-10-7-8-11-14-24(30)25-18(2)17-33-26(31)32/h7,10,18,20-23,28-29,31-32H,3-6,8-9,11-17H2,1-2H3,(H,25,30)/b10-7-/t18?,20-,21?,22+,23-/m1/s1. The Bertz CT molecular complexity index is 585. The SMILES string of the molecule is CCCCCCCC(=O)CC1[C@H](O)C[C@H](O)[C@@H]1C/C=C\CCCC(=O)NC(C)CON(O)O. The average Bonchev–Trinajstić information content (AvgIpc) is 3.01. The van der Waals surface area contributed by atoms with Crippen LogP contribution in [0.1, 0.15) is 90.9 Å². The molecule has 192 valence electrons. The van der Waals surface area contributed by atoms with Crippen molar-refractivity contribution in [3.8, 4) is 0 Å². The van der Waals surface area contributed by atoms with E-state index in [0.29, 0.717) is 44.9 Å². The van der Waals surface area contributed by atoms with Gasteiger partial charge in [-0.2, -0.15) is 0 Å². The number of aliphatic hydroxyl groups excluding tert-OH is 2. The predicted molar refractivity (Wildman–Crippen MR) is 123 cm³/mol. The number of carbonyl (C=O) groups is 2. The highest BCUT2D eigenvalue weighted by Gasteiger charge is 2.41. The molecule has 0 saturated heterocycles. The fourth-order valence-electron chi connectivity index (χ4n) is 4.40. The fourth-order valence-corrected chi connectivity index (χ4v) is 4.40. The van der Waals surface area contributed by atoms with Crippen LogP contribution in [0.2, 0.25) is 0 Å². The van der Waals surface area contributed by atoms with E-state index in [0.717, 1.165) is 19.3 Å². The van der Waals surface area contributed by atoms with Gasteiger partial charge in [0.05, 0.1) is 30.2 Å². The Hall–Kier alpha value is -1.36. The molecule has 2 unspecified atom stereocenters. The summed E-state index contributed by atoms with van der Waals surface area (Å²) in [5, 5.41) is 40.0. The van der Waals surface area contributed by atoms with Crippen molar-refractivity contribution >= 4 is 11.7 Å². The number of aliphatic hydroxyl groups is 2. The summed E-state index contributed by atoms with van der Waals surface area (Å²) in [6.07, 6.45) is 11.7. The normalized spacial score (nSPS) is 24.0. The summed E-state index contributed by atoms with van der Waals surface area (Å²) in [5.74, 6) is -0.294. The van der Waals surface area contributed by atoms with Crippen molar-refractivity contribution in [2.45, 2.75) is 109 Å². The van der Waals surface area contributed by atoms with Gasteiger partial charge in [-0.3, -0.25) is 20.0 Å². The number of unbranched alkanes of at least 4 members (excludes halogenated alkanes) is 5. The van der Waals surface area contributed by atoms with Gasteiger partial charge in [0.25, 0.3) is 0 Å². The molecular formula is C24H44N2O7. The van der Waals surface area contributed by atoms with Crippen molar-refractivity contribution < 1.29 is 35.1 Å². The molecule has 9 heteroatoms. The van der Waals surface area contributed by atoms with Gasteiger partial charge in [-0.25, -0.2) is 4.84 Å². The summed E-state index contributed by atoms with van der Waals surface area (Å²) >= 11 is 0. The highest BCUT2D eigenvalue weighted by Crippen LogP contribution is 2.38. The molecule has 0 heterocycles. The van der Waals surface area contributed by atoms with Gasteiger partial charge < -0.3 is 15.5 Å². The Balaban J connectivity index is 2.30. The zero-order valence-electron chi connectivity index (χ0n) is 20.2. The molecule has 1 aliphatic rings. The first-order valence-corrected chi connectivity index (χ1v) is 12.4. The Kier molecular flexibility index (Phi) is 15.4. The molecule has 0 radical (unpaired) electrons. The Labute approximate surface area is 197 Å². The summed E-state index contributed by atoms with van der Waals surface area (Å²) in [6, 6.07) is -0.360. The molecule has 5 N–H and O–H groups in total. The lowest BCUT2D eigenvalue weighted by Crippen LogP contribution is -2.37. The lowest BCUT2D eigenvalue weighted by Gasteiger charge is -2.21. The number of hydrogen-bond donors (Lipinski definition) is 5. The second-order valence-electron chi connectivity index (χ2n) is 9.22. The predicted octanol–water partition coefficient (Wildman–Crippen LogP) is 3.30. The fraction of sp³-hybridized carbons (Fsp3) is 0.833. The number of rotatable bonds is 18. The number of amides is 1. The molecule has 0 aromatic carbocycles. The van der Waals surface area contributed by atoms with Gasteiger partial charge in [0.2, 0.25) is 5.91 Å². The number of Topliss-reactive ketones (excluding diaryl/α,β-unsaturated/α-hetero) is 1. The van der Waals surface area contributed by atoms with E-state index in [1.54, 1.807) is 6.92 Å². The molecule has 0 aromatic heterocycles. The van der Waals surface area contributed by atoms with Gasteiger partial charge in [0.1, 0.15) is 5.78 Å². The summed E-state index contributed by atoms with van der Waals surface area (Å²) in [4.78, 5) is 28.7. The molecule has 0 spiro atoms. The number of nitrogens with zero attached hydrogens (tertiary/aromatic N) is 1. The molecule has 33 heavy (non-hydrogen) atoms. The van der Waals surface area contributed by atoms with Crippen LogP contribution in [0.25, 0.3) is 0 Å². The van der Waals surface area contributed by atoms with Crippen molar-refractivity contribution in [1.29, 1.82) is 0 Å². The first kappa shape index (κ1) is 29.7. The van der Waals surface area contributed by atoms with Crippen molar-refractivity contribution in [2.24, 2.45) is 11.8 Å². The minimum Gasteiger partial charge on any atom is -0.393 e. The van der Waals surface area contributed by atoms with Crippen LogP contribution in [0.3, 0.4) is 0 Å². The second-order valence-corrected chi connectivity index (χ2v) is 9.22. The van der Waals surface area contributed by atoms with Crippen molar-refractivity contribution in [3.05, 3.63) is 12.2 Å². The molecule has 1 rings (SSSR count). The maximum Gasteiger partial charge on any atom is 0.220 e. The molecule has 1 amide bonds. The summed E-state index contributed by atoms with van der Waals surface area (Å²) in [5.41, 5.74) is 0. The van der Waals surface area contributed by atoms with E-state index in [2.05, 4.69) is 17.1 Å². The third-order valence-corrected chi connectivity index (χ3v) is 6.24. The van der Waals surface area contributed by atoms with E-state index in [-0.39, 0.29) is 41.6 Å². The topological polar surface area (TPSA) is 140 Å². The number of carbonyl (C=O) groups excluding carboxylic acids is 2. The smallest absolute Gasteiger partial charge is 0.220 e. The van der Waals surface area contributed by atoms with E-state index in [1.807, 2.05) is 12.2 Å². The van der Waals surface area contributed by atoms with Gasteiger partial charge in [0.15, 0.2) is 0 Å². The molecule has 0 aromatic rings. The highest BCUT2D eigenvalue weighted by atomic mass is 17.1. The second kappa shape index (κ2) is 17.1. The van der Waals surface area contributed by atoms with Crippen LogP contribution in [0, 0.1) is 11.8 Å². The summed E-state index contributed by atoms with van der Waals surface area (Å²) < 4.78 is 0. The molecule has 0 aliphatic heterocycles. The minimum absolute atomic E-state index is 0.0588. The van der Waals surface area contributed by atoms with Crippen molar-refractivity contribution in [1.82, 2.24) is 10.7 Å². The van der Waals surface area contributed by atoms with Gasteiger partial charge in [-0.15, -0.1) is 0 Å². The van der Waals surface area contributed by atoms with Crippen molar-refractivity contribution in [3.63, 3.8) is 0 Å². The first-order chi connectivity index (χ1) is 15.7. The highest BCUT2D eigenvalue weighted by molar-refractivity contribution is 5.78. The van der Waals surface area contributed by atoms with Crippen LogP contribution >= 0.6 is 0 Å². The quantitative estimate of drug-likeness (QED) is 0.116. The lowest BCUT2D eigenvalue weighted by molar-refractivity contribution is -0.493. The Morgan fingerprint density at radius 2 is 1.73 bits per heavy atom. The summed E-state index contributed by atoms with van der Waals surface area (Å²) in [7, 11) is 0. The third-order valence-electron chi connectivity index (χ3n) is 6.24. The lowest BCUT2D eigenvalue weighted by atomic mass is 9.85. The van der Waals surface area contributed by atoms with Gasteiger partial charge in [0, 0.05) is 19.3 Å². The van der Waals surface area contributed by atoms with E-state index in [9.17, 15) is 19.8 Å². The first-order valence-electron chi connectivity index (χ1n) is 12.4. The van der Waals surface area contributed by atoms with Crippen LogP contribution in [0.4, 0.5) is 0 Å². The Morgan fingerprint density at radius 3 is 2.42 bits per heavy atom. The molecule has 1 saturated carbocycles. The number of ketones is 1. The molecule has 1 aliphatic carbocycles. The maximum atomic E-state index is 12.4. The van der Waals surface area contributed by atoms with E-state index in [4.69, 9.17) is 10.4 Å². The van der Waals surface area contributed by atoms with Crippen molar-refractivity contribution in [2.75, 3.05) is 6.61 Å². The van der Waals surface area contributed by atoms with E-state index in [1.165, 1.54) is 12.8 Å². The van der Waals surface area contributed by atoms with Crippen LogP contribution in [-0.2, 0) is 14.4 Å². The van der Waals surface area contributed by atoms with Gasteiger partial charge >= 0.3 is 0 Å². The minimum atomic E-state index is -0.638. The zero-order chi connectivity index (χ0) is 24.6. The van der Waals surface area contributed by atoms with Crippen LogP contribution in [0.15, 0.2) is 12.2 Å². The third kappa shape index (κ3) is 13.2. The number of hydrogen-bond acceptors (Lipinski definition) is 8. The monoisotopic (exact) mass is 472 g/mol. The number of nitrogens with one attached hydrogen (secondary N) is 1. The maximum absolute atomic E-state index is 12.4. The zero-order valence-corrected chi connectivity index (χ0v) is 20.2. The van der Waals surface area contributed by atoms with Crippen LogP contribution in [-0.4, -0.2) is 62.6 Å². The molecule has 1 fully saturated rings. The van der Waals surface area contributed by atoms with E-state index >= 15 is 0 Å². The van der Waals surface area contributed by atoms with Gasteiger partial charge in [-0.05, 0) is 50.9 Å².